The second kappa shape index (κ2) is 5.27. The topological polar surface area (TPSA) is 36.4 Å². The minimum Gasteiger partial charge on any atom is -0.364 e. The Morgan fingerprint density at radius 1 is 1.29 bits per heavy atom. The summed E-state index contributed by atoms with van der Waals surface area (Å²) in [5.41, 5.74) is 7.88. The van der Waals surface area contributed by atoms with E-state index in [-0.39, 0.29) is 0 Å². The second-order valence-corrected chi connectivity index (χ2v) is 4.63. The van der Waals surface area contributed by atoms with Crippen LogP contribution in [0.5, 0.6) is 0 Å². The number of thiocarbonyl (C=S) groups is 1. The smallest absolute Gasteiger partial charge is 0.186 e. The van der Waals surface area contributed by atoms with E-state index >= 15 is 0 Å². The Hall–Kier alpha value is -1.42. The highest BCUT2D eigenvalue weighted by atomic mass is 32.1. The minimum atomic E-state index is 0.533. The third-order valence-corrected chi connectivity index (χ3v) is 3.36. The van der Waals surface area contributed by atoms with Crippen LogP contribution in [0.2, 0.25) is 0 Å². The number of aryl methyl sites for hydroxylation is 2. The van der Waals surface area contributed by atoms with Crippen molar-refractivity contribution in [3.8, 4) is 0 Å². The molecule has 0 radical (unpaired) electrons. The number of benzene rings is 1. The monoisotopic (exact) mass is 247 g/mol. The van der Waals surface area contributed by atoms with Crippen LogP contribution in [-0.4, -0.2) is 17.9 Å². The lowest BCUT2D eigenvalue weighted by Crippen LogP contribution is -2.29. The molecule has 0 fully saturated rings. The average Bonchev–Trinajstić information content (AvgIpc) is 2.82. The van der Waals surface area contributed by atoms with Crippen molar-refractivity contribution in [2.24, 2.45) is 5.10 Å². The van der Waals surface area contributed by atoms with Gasteiger partial charge in [0.05, 0.1) is 5.71 Å². The van der Waals surface area contributed by atoms with Crippen LogP contribution in [-0.2, 0) is 12.8 Å². The normalized spacial score (nSPS) is 14.4. The van der Waals surface area contributed by atoms with E-state index in [1.807, 2.05) is 6.92 Å². The first-order valence-electron chi connectivity index (χ1n) is 5.85. The summed E-state index contributed by atoms with van der Waals surface area (Å²) in [4.78, 5) is 0. The van der Waals surface area contributed by atoms with E-state index < -0.39 is 0 Å². The number of hydrogen-bond donors (Lipinski definition) is 2. The average molecular weight is 247 g/mol. The van der Waals surface area contributed by atoms with Gasteiger partial charge in [-0.2, -0.15) is 5.10 Å². The van der Waals surface area contributed by atoms with Crippen molar-refractivity contribution >= 4 is 23.0 Å². The van der Waals surface area contributed by atoms with Crippen molar-refractivity contribution in [3.05, 3.63) is 34.9 Å². The van der Waals surface area contributed by atoms with Crippen LogP contribution in [0.25, 0.3) is 0 Å². The van der Waals surface area contributed by atoms with E-state index in [4.69, 9.17) is 12.2 Å². The summed E-state index contributed by atoms with van der Waals surface area (Å²) in [5, 5.41) is 7.61. The first-order chi connectivity index (χ1) is 8.20. The van der Waals surface area contributed by atoms with Gasteiger partial charge in [-0.05, 0) is 61.2 Å². The zero-order valence-corrected chi connectivity index (χ0v) is 11.0. The SMILES string of the molecule is CNC(=S)N/N=C(/C)c1ccc2c(c1)CCC2. The van der Waals surface area contributed by atoms with Crippen LogP contribution in [0.1, 0.15) is 30.0 Å². The number of rotatable bonds is 2. The molecule has 0 unspecified atom stereocenters. The second-order valence-electron chi connectivity index (χ2n) is 4.23. The molecule has 0 amide bonds. The quantitative estimate of drug-likeness (QED) is 0.477. The summed E-state index contributed by atoms with van der Waals surface area (Å²) < 4.78 is 0. The highest BCUT2D eigenvalue weighted by Crippen LogP contribution is 2.22. The molecule has 1 aromatic rings. The first-order valence-corrected chi connectivity index (χ1v) is 6.25. The van der Waals surface area contributed by atoms with Crippen LogP contribution < -0.4 is 10.7 Å². The van der Waals surface area contributed by atoms with Gasteiger partial charge in [-0.1, -0.05) is 12.1 Å². The van der Waals surface area contributed by atoms with Gasteiger partial charge in [-0.3, -0.25) is 5.43 Å². The van der Waals surface area contributed by atoms with Gasteiger partial charge in [0.15, 0.2) is 5.11 Å². The molecule has 0 aromatic heterocycles. The summed E-state index contributed by atoms with van der Waals surface area (Å²) in [6.45, 7) is 1.99. The number of hydrogen-bond acceptors (Lipinski definition) is 2. The molecular weight excluding hydrogens is 230 g/mol. The molecule has 0 saturated heterocycles. The molecule has 2 rings (SSSR count). The minimum absolute atomic E-state index is 0.533. The third kappa shape index (κ3) is 2.82. The lowest BCUT2D eigenvalue weighted by atomic mass is 10.0. The van der Waals surface area contributed by atoms with Crippen molar-refractivity contribution in [3.63, 3.8) is 0 Å². The zero-order valence-electron chi connectivity index (χ0n) is 10.2. The van der Waals surface area contributed by atoms with Crippen molar-refractivity contribution in [2.75, 3.05) is 7.05 Å². The Morgan fingerprint density at radius 3 is 2.82 bits per heavy atom. The molecule has 4 heteroatoms. The molecule has 0 heterocycles. The summed E-state index contributed by atoms with van der Waals surface area (Å²) in [6, 6.07) is 6.59. The Labute approximate surface area is 107 Å². The standard InChI is InChI=1S/C13H17N3S/c1-9(15-16-13(17)14-2)11-7-6-10-4-3-5-12(10)8-11/h6-8H,3-5H2,1-2H3,(H2,14,16,17)/b15-9-. The van der Waals surface area contributed by atoms with E-state index in [1.54, 1.807) is 7.05 Å². The van der Waals surface area contributed by atoms with Gasteiger partial charge in [0.25, 0.3) is 0 Å². The van der Waals surface area contributed by atoms with E-state index in [9.17, 15) is 0 Å². The maximum Gasteiger partial charge on any atom is 0.186 e. The fraction of sp³-hybridized carbons (Fsp3) is 0.385. The van der Waals surface area contributed by atoms with E-state index in [0.717, 1.165) is 11.3 Å². The lowest BCUT2D eigenvalue weighted by Gasteiger charge is -2.06. The Bertz CT molecular complexity index is 466. The van der Waals surface area contributed by atoms with Gasteiger partial charge < -0.3 is 5.32 Å². The fourth-order valence-corrected chi connectivity index (χ4v) is 2.10. The maximum atomic E-state index is 4.97. The molecule has 0 atom stereocenters. The van der Waals surface area contributed by atoms with Crippen molar-refractivity contribution in [1.29, 1.82) is 0 Å². The largest absolute Gasteiger partial charge is 0.364 e. The van der Waals surface area contributed by atoms with Crippen LogP contribution in [0.15, 0.2) is 23.3 Å². The molecule has 0 saturated carbocycles. The number of nitrogens with zero attached hydrogens (tertiary/aromatic N) is 1. The molecule has 1 aliphatic rings. The lowest BCUT2D eigenvalue weighted by molar-refractivity contribution is 0.911. The van der Waals surface area contributed by atoms with Crippen LogP contribution in [0.4, 0.5) is 0 Å². The van der Waals surface area contributed by atoms with Gasteiger partial charge in [-0.15, -0.1) is 0 Å². The predicted octanol–water partition coefficient (Wildman–Crippen LogP) is 1.99. The fourth-order valence-electron chi connectivity index (χ4n) is 2.05. The van der Waals surface area contributed by atoms with Gasteiger partial charge in [0, 0.05) is 7.05 Å². The predicted molar refractivity (Wildman–Crippen MR) is 75.5 cm³/mol. The van der Waals surface area contributed by atoms with Gasteiger partial charge in [0.2, 0.25) is 0 Å². The molecule has 1 aliphatic carbocycles. The summed E-state index contributed by atoms with van der Waals surface area (Å²) in [7, 11) is 1.77. The molecular formula is C13H17N3S. The first kappa shape index (κ1) is 12.0. The number of nitrogens with one attached hydrogen (secondary N) is 2. The Morgan fingerprint density at radius 2 is 2.06 bits per heavy atom. The van der Waals surface area contributed by atoms with Gasteiger partial charge in [-0.25, -0.2) is 0 Å². The highest BCUT2D eigenvalue weighted by molar-refractivity contribution is 7.80. The van der Waals surface area contributed by atoms with E-state index in [1.165, 1.54) is 30.4 Å². The molecule has 3 nitrogen and oxygen atoms in total. The van der Waals surface area contributed by atoms with Crippen molar-refractivity contribution < 1.29 is 0 Å². The highest BCUT2D eigenvalue weighted by Gasteiger charge is 2.11. The van der Waals surface area contributed by atoms with Crippen molar-refractivity contribution in [2.45, 2.75) is 26.2 Å². The van der Waals surface area contributed by atoms with Crippen LogP contribution in [0, 0.1) is 0 Å². The maximum absolute atomic E-state index is 4.97. The summed E-state index contributed by atoms with van der Waals surface area (Å²) in [5.74, 6) is 0. The summed E-state index contributed by atoms with van der Waals surface area (Å²) in [6.07, 6.45) is 3.68. The number of hydrazone groups is 1. The molecule has 2 N–H and O–H groups in total. The Balaban J connectivity index is 2.14. The number of fused-ring (bicyclic) bond motifs is 1. The Kier molecular flexibility index (Phi) is 3.74. The van der Waals surface area contributed by atoms with Gasteiger partial charge >= 0.3 is 0 Å². The third-order valence-electron chi connectivity index (χ3n) is 3.07. The molecule has 0 aliphatic heterocycles. The van der Waals surface area contributed by atoms with Crippen LogP contribution in [0.3, 0.4) is 0 Å². The van der Waals surface area contributed by atoms with E-state index in [0.29, 0.717) is 5.11 Å². The molecule has 90 valence electrons. The van der Waals surface area contributed by atoms with E-state index in [2.05, 4.69) is 34.0 Å². The molecule has 0 spiro atoms. The van der Waals surface area contributed by atoms with Crippen LogP contribution >= 0.6 is 12.2 Å². The van der Waals surface area contributed by atoms with Gasteiger partial charge in [0.1, 0.15) is 0 Å². The zero-order chi connectivity index (χ0) is 12.3. The molecule has 1 aromatic carbocycles. The summed E-state index contributed by atoms with van der Waals surface area (Å²) >= 11 is 4.97. The molecule has 17 heavy (non-hydrogen) atoms. The van der Waals surface area contributed by atoms with Crippen molar-refractivity contribution in [1.82, 2.24) is 10.7 Å². The molecule has 0 bridgehead atoms.